The highest BCUT2D eigenvalue weighted by atomic mass is 32.1. The Hall–Kier alpha value is -1.95. The lowest BCUT2D eigenvalue weighted by molar-refractivity contribution is 0.0988. The van der Waals surface area contributed by atoms with E-state index in [1.807, 2.05) is 17.0 Å². The molecule has 2 aliphatic rings. The SMILES string of the molecule is CCC1(C)CCN(c2ncc(C(=O)N3CCCc4ncccc43)s2)C1. The minimum Gasteiger partial charge on any atom is -0.348 e. The van der Waals surface area contributed by atoms with Crippen LogP contribution in [0.3, 0.4) is 0 Å². The van der Waals surface area contributed by atoms with Crippen LogP contribution in [0.15, 0.2) is 24.5 Å². The number of amides is 1. The molecule has 4 rings (SSSR count). The van der Waals surface area contributed by atoms with Gasteiger partial charge in [-0.25, -0.2) is 4.98 Å². The molecule has 25 heavy (non-hydrogen) atoms. The molecule has 5 nitrogen and oxygen atoms in total. The van der Waals surface area contributed by atoms with Crippen LogP contribution in [0.4, 0.5) is 10.8 Å². The van der Waals surface area contributed by atoms with Crippen LogP contribution in [0.1, 0.15) is 48.5 Å². The summed E-state index contributed by atoms with van der Waals surface area (Å²) in [7, 11) is 0. The average molecular weight is 356 g/mol. The van der Waals surface area contributed by atoms with Gasteiger partial charge >= 0.3 is 0 Å². The molecular formula is C19H24N4OS. The van der Waals surface area contributed by atoms with Gasteiger partial charge < -0.3 is 9.80 Å². The number of pyridine rings is 1. The second-order valence-corrected chi connectivity index (χ2v) is 8.38. The fraction of sp³-hybridized carbons (Fsp3) is 0.526. The van der Waals surface area contributed by atoms with Crippen LogP contribution in [-0.2, 0) is 6.42 Å². The summed E-state index contributed by atoms with van der Waals surface area (Å²) >= 11 is 1.52. The highest BCUT2D eigenvalue weighted by molar-refractivity contribution is 7.17. The molecule has 4 heterocycles. The Bertz CT molecular complexity index is 789. The van der Waals surface area contributed by atoms with E-state index in [9.17, 15) is 4.79 Å². The molecule has 2 aromatic rings. The average Bonchev–Trinajstić information content (AvgIpc) is 3.28. The quantitative estimate of drug-likeness (QED) is 0.840. The molecule has 1 amide bonds. The molecular weight excluding hydrogens is 332 g/mol. The lowest BCUT2D eigenvalue weighted by atomic mass is 9.87. The summed E-state index contributed by atoms with van der Waals surface area (Å²) in [4.78, 5) is 26.9. The summed E-state index contributed by atoms with van der Waals surface area (Å²) in [6.45, 7) is 7.40. The number of aromatic nitrogens is 2. The van der Waals surface area contributed by atoms with Gasteiger partial charge in [-0.05, 0) is 43.2 Å². The number of rotatable bonds is 3. The lowest BCUT2D eigenvalue weighted by Crippen LogP contribution is -2.35. The van der Waals surface area contributed by atoms with E-state index in [-0.39, 0.29) is 5.91 Å². The molecule has 6 heteroatoms. The van der Waals surface area contributed by atoms with Crippen molar-refractivity contribution >= 4 is 28.1 Å². The van der Waals surface area contributed by atoms with Crippen molar-refractivity contribution in [1.82, 2.24) is 9.97 Å². The van der Waals surface area contributed by atoms with Crippen LogP contribution < -0.4 is 9.80 Å². The van der Waals surface area contributed by atoms with E-state index in [1.54, 1.807) is 12.4 Å². The normalized spacial score (nSPS) is 23.0. The van der Waals surface area contributed by atoms with Crippen molar-refractivity contribution < 1.29 is 4.79 Å². The van der Waals surface area contributed by atoms with Gasteiger partial charge in [-0.3, -0.25) is 9.78 Å². The topological polar surface area (TPSA) is 49.3 Å². The zero-order valence-electron chi connectivity index (χ0n) is 14.9. The fourth-order valence-corrected chi connectivity index (χ4v) is 4.61. The second kappa shape index (κ2) is 6.41. The summed E-state index contributed by atoms with van der Waals surface area (Å²) in [5.41, 5.74) is 2.34. The zero-order valence-corrected chi connectivity index (χ0v) is 15.7. The van der Waals surface area contributed by atoms with Crippen LogP contribution >= 0.6 is 11.3 Å². The molecule has 132 valence electrons. The molecule has 1 saturated heterocycles. The van der Waals surface area contributed by atoms with Gasteiger partial charge in [-0.15, -0.1) is 0 Å². The first-order valence-corrected chi connectivity index (χ1v) is 9.88. The van der Waals surface area contributed by atoms with Crippen molar-refractivity contribution in [2.75, 3.05) is 29.4 Å². The number of thiazole rings is 1. The molecule has 1 unspecified atom stereocenters. The van der Waals surface area contributed by atoms with Gasteiger partial charge in [0.25, 0.3) is 5.91 Å². The highest BCUT2D eigenvalue weighted by Crippen LogP contribution is 2.37. The Morgan fingerprint density at radius 2 is 2.24 bits per heavy atom. The number of nitrogens with zero attached hydrogens (tertiary/aromatic N) is 4. The van der Waals surface area contributed by atoms with Gasteiger partial charge in [-0.1, -0.05) is 25.2 Å². The minimum atomic E-state index is 0.0511. The molecule has 1 fully saturated rings. The maximum atomic E-state index is 13.0. The number of anilines is 2. The standard InChI is InChI=1S/C19H24N4OS/c1-3-19(2)8-11-22(13-19)18-21-12-16(25-18)17(24)23-10-5-6-14-15(23)7-4-9-20-14/h4,7,9,12H,3,5-6,8,10-11,13H2,1-2H3. The highest BCUT2D eigenvalue weighted by Gasteiger charge is 2.34. The Balaban J connectivity index is 1.54. The van der Waals surface area contributed by atoms with Gasteiger partial charge in [0.15, 0.2) is 5.13 Å². The summed E-state index contributed by atoms with van der Waals surface area (Å²) in [5.74, 6) is 0.0511. The maximum absolute atomic E-state index is 13.0. The number of hydrogen-bond donors (Lipinski definition) is 0. The van der Waals surface area contributed by atoms with Gasteiger partial charge in [0, 0.05) is 25.8 Å². The van der Waals surface area contributed by atoms with Crippen molar-refractivity contribution in [2.45, 2.75) is 39.5 Å². The third-order valence-corrected chi connectivity index (χ3v) is 6.63. The fourth-order valence-electron chi connectivity index (χ4n) is 3.72. The molecule has 0 radical (unpaired) electrons. The Labute approximate surface area is 152 Å². The monoisotopic (exact) mass is 356 g/mol. The predicted molar refractivity (Wildman–Crippen MR) is 102 cm³/mol. The Morgan fingerprint density at radius 3 is 3.04 bits per heavy atom. The number of hydrogen-bond acceptors (Lipinski definition) is 5. The summed E-state index contributed by atoms with van der Waals surface area (Å²) in [6.07, 6.45) is 7.82. The zero-order chi connectivity index (χ0) is 17.4. The van der Waals surface area contributed by atoms with Gasteiger partial charge in [0.2, 0.25) is 0 Å². The first kappa shape index (κ1) is 16.5. The third kappa shape index (κ3) is 3.03. The minimum absolute atomic E-state index is 0.0511. The molecule has 0 bridgehead atoms. The maximum Gasteiger partial charge on any atom is 0.270 e. The number of aryl methyl sites for hydroxylation is 1. The summed E-state index contributed by atoms with van der Waals surface area (Å²) in [5, 5.41) is 0.976. The van der Waals surface area contributed by atoms with E-state index < -0.39 is 0 Å². The van der Waals surface area contributed by atoms with Crippen molar-refractivity contribution in [2.24, 2.45) is 5.41 Å². The molecule has 2 aliphatic heterocycles. The molecule has 0 N–H and O–H groups in total. The van der Waals surface area contributed by atoms with Gasteiger partial charge in [-0.2, -0.15) is 0 Å². The molecule has 0 spiro atoms. The van der Waals surface area contributed by atoms with Crippen LogP contribution in [0.5, 0.6) is 0 Å². The smallest absolute Gasteiger partial charge is 0.270 e. The van der Waals surface area contributed by atoms with Crippen LogP contribution in [0.25, 0.3) is 0 Å². The van der Waals surface area contributed by atoms with Gasteiger partial charge in [0.1, 0.15) is 4.88 Å². The van der Waals surface area contributed by atoms with E-state index in [1.165, 1.54) is 24.2 Å². The van der Waals surface area contributed by atoms with Crippen LogP contribution in [-0.4, -0.2) is 35.5 Å². The van der Waals surface area contributed by atoms with E-state index >= 15 is 0 Å². The lowest BCUT2D eigenvalue weighted by Gasteiger charge is -2.28. The van der Waals surface area contributed by atoms with Crippen molar-refractivity contribution in [3.8, 4) is 0 Å². The molecule has 1 atom stereocenters. The molecule has 0 aromatic carbocycles. The largest absolute Gasteiger partial charge is 0.348 e. The summed E-state index contributed by atoms with van der Waals surface area (Å²) in [6, 6.07) is 3.90. The van der Waals surface area contributed by atoms with Crippen LogP contribution in [0.2, 0.25) is 0 Å². The number of carbonyl (C=O) groups excluding carboxylic acids is 1. The van der Waals surface area contributed by atoms with Crippen molar-refractivity contribution in [3.63, 3.8) is 0 Å². The van der Waals surface area contributed by atoms with E-state index in [4.69, 9.17) is 0 Å². The van der Waals surface area contributed by atoms with E-state index in [0.717, 1.165) is 53.9 Å². The van der Waals surface area contributed by atoms with E-state index in [0.29, 0.717) is 5.41 Å². The first-order valence-electron chi connectivity index (χ1n) is 9.06. The van der Waals surface area contributed by atoms with E-state index in [2.05, 4.69) is 28.7 Å². The third-order valence-electron chi connectivity index (χ3n) is 5.58. The van der Waals surface area contributed by atoms with Crippen molar-refractivity contribution in [3.05, 3.63) is 35.1 Å². The first-order chi connectivity index (χ1) is 12.1. The number of fused-ring (bicyclic) bond motifs is 1. The molecule has 0 aliphatic carbocycles. The molecule has 0 saturated carbocycles. The Morgan fingerprint density at radius 1 is 1.36 bits per heavy atom. The number of carbonyl (C=O) groups is 1. The molecule has 2 aromatic heterocycles. The summed E-state index contributed by atoms with van der Waals surface area (Å²) < 4.78 is 0. The predicted octanol–water partition coefficient (Wildman–Crippen LogP) is 3.76. The van der Waals surface area contributed by atoms with Crippen LogP contribution in [0, 0.1) is 5.41 Å². The second-order valence-electron chi connectivity index (χ2n) is 7.37. The Kier molecular flexibility index (Phi) is 4.23. The van der Waals surface area contributed by atoms with Gasteiger partial charge in [0.05, 0.1) is 17.6 Å². The van der Waals surface area contributed by atoms with Crippen molar-refractivity contribution in [1.29, 1.82) is 0 Å².